The minimum atomic E-state index is -4.50. The van der Waals surface area contributed by atoms with Crippen LogP contribution in [0.5, 0.6) is 0 Å². The lowest BCUT2D eigenvalue weighted by Crippen LogP contribution is -2.27. The normalized spacial score (nSPS) is 12.8. The highest BCUT2D eigenvalue weighted by Gasteiger charge is 2.30. The number of amides is 1. The maximum atomic E-state index is 13.7. The number of sulfonamides is 1. The Balaban J connectivity index is 1.72. The van der Waals surface area contributed by atoms with Crippen LogP contribution in [0, 0.1) is 5.82 Å². The fourth-order valence-electron chi connectivity index (χ4n) is 2.88. The summed E-state index contributed by atoms with van der Waals surface area (Å²) in [4.78, 5) is 12.3. The molecule has 0 bridgehead atoms. The van der Waals surface area contributed by atoms with E-state index in [0.717, 1.165) is 18.2 Å². The molecule has 0 aliphatic carbocycles. The molecule has 3 aromatic rings. The standard InChI is InChI=1S/C22H18F4N2O3S/c1-14(16-5-4-6-17(13-16)22(24,25)26)27-21(29)15-9-11-18(12-10-15)32(30,31)28-20-8-3-2-7-19(20)23/h2-14,28H,1H3,(H,27,29). The van der Waals surface area contributed by atoms with Crippen molar-refractivity contribution < 1.29 is 30.8 Å². The molecule has 32 heavy (non-hydrogen) atoms. The lowest BCUT2D eigenvalue weighted by molar-refractivity contribution is -0.137. The number of nitrogens with one attached hydrogen (secondary N) is 2. The van der Waals surface area contributed by atoms with Crippen LogP contribution in [-0.4, -0.2) is 14.3 Å². The molecule has 1 atom stereocenters. The van der Waals surface area contributed by atoms with Crippen LogP contribution in [-0.2, 0) is 16.2 Å². The average Bonchev–Trinajstić information content (AvgIpc) is 2.75. The SMILES string of the molecule is CC(NC(=O)c1ccc(S(=O)(=O)Nc2ccccc2F)cc1)c1cccc(C(F)(F)F)c1. The number of hydrogen-bond acceptors (Lipinski definition) is 3. The molecule has 0 aromatic heterocycles. The van der Waals surface area contributed by atoms with Crippen LogP contribution in [0.4, 0.5) is 23.2 Å². The van der Waals surface area contributed by atoms with Crippen molar-refractivity contribution in [2.45, 2.75) is 24.0 Å². The molecule has 0 saturated carbocycles. The summed E-state index contributed by atoms with van der Waals surface area (Å²) in [6.45, 7) is 1.53. The van der Waals surface area contributed by atoms with Gasteiger partial charge in [-0.05, 0) is 61.0 Å². The smallest absolute Gasteiger partial charge is 0.346 e. The Morgan fingerprint density at radius 1 is 0.938 bits per heavy atom. The molecule has 1 unspecified atom stereocenters. The number of hydrogen-bond donors (Lipinski definition) is 2. The second kappa shape index (κ2) is 8.99. The Kier molecular flexibility index (Phi) is 6.54. The van der Waals surface area contributed by atoms with Gasteiger partial charge in [0.05, 0.1) is 22.2 Å². The lowest BCUT2D eigenvalue weighted by atomic mass is 10.0. The number of halogens is 4. The van der Waals surface area contributed by atoms with E-state index < -0.39 is 39.5 Å². The Morgan fingerprint density at radius 2 is 1.59 bits per heavy atom. The van der Waals surface area contributed by atoms with Crippen molar-refractivity contribution in [1.82, 2.24) is 5.32 Å². The van der Waals surface area contributed by atoms with Crippen LogP contribution < -0.4 is 10.0 Å². The zero-order valence-corrected chi connectivity index (χ0v) is 17.5. The molecule has 168 valence electrons. The fourth-order valence-corrected chi connectivity index (χ4v) is 3.95. The Morgan fingerprint density at radius 3 is 2.22 bits per heavy atom. The predicted molar refractivity (Wildman–Crippen MR) is 111 cm³/mol. The topological polar surface area (TPSA) is 75.3 Å². The zero-order chi connectivity index (χ0) is 23.5. The fraction of sp³-hybridized carbons (Fsp3) is 0.136. The number of carbonyl (C=O) groups excluding carboxylic acids is 1. The number of alkyl halides is 3. The number of para-hydroxylation sites is 1. The maximum Gasteiger partial charge on any atom is 0.416 e. The number of benzene rings is 3. The Labute approximate surface area is 182 Å². The minimum Gasteiger partial charge on any atom is -0.346 e. The monoisotopic (exact) mass is 466 g/mol. The first-order chi connectivity index (χ1) is 15.0. The van der Waals surface area contributed by atoms with Gasteiger partial charge < -0.3 is 5.32 Å². The van der Waals surface area contributed by atoms with Crippen molar-refractivity contribution in [3.05, 3.63) is 95.3 Å². The average molecular weight is 466 g/mol. The number of rotatable bonds is 6. The van der Waals surface area contributed by atoms with Gasteiger partial charge >= 0.3 is 6.18 Å². The van der Waals surface area contributed by atoms with Gasteiger partial charge in [-0.15, -0.1) is 0 Å². The first-order valence-corrected chi connectivity index (χ1v) is 10.8. The molecule has 0 spiro atoms. The summed E-state index contributed by atoms with van der Waals surface area (Å²) in [6, 6.07) is 14.0. The van der Waals surface area contributed by atoms with Crippen molar-refractivity contribution in [2.75, 3.05) is 4.72 Å². The maximum absolute atomic E-state index is 13.7. The first kappa shape index (κ1) is 23.3. The molecule has 0 radical (unpaired) electrons. The van der Waals surface area contributed by atoms with Crippen LogP contribution in [0.15, 0.2) is 77.7 Å². The molecule has 5 nitrogen and oxygen atoms in total. The van der Waals surface area contributed by atoms with E-state index >= 15 is 0 Å². The molecule has 3 rings (SSSR count). The van der Waals surface area contributed by atoms with E-state index in [0.29, 0.717) is 0 Å². The van der Waals surface area contributed by atoms with Gasteiger partial charge in [-0.1, -0.05) is 24.3 Å². The van der Waals surface area contributed by atoms with Gasteiger partial charge in [-0.25, -0.2) is 12.8 Å². The number of anilines is 1. The highest BCUT2D eigenvalue weighted by molar-refractivity contribution is 7.92. The summed E-state index contributed by atoms with van der Waals surface area (Å²) in [6.07, 6.45) is -4.50. The molecular formula is C22H18F4N2O3S. The highest BCUT2D eigenvalue weighted by Crippen LogP contribution is 2.30. The lowest BCUT2D eigenvalue weighted by Gasteiger charge is -2.16. The molecular weight excluding hydrogens is 448 g/mol. The third-order valence-electron chi connectivity index (χ3n) is 4.61. The van der Waals surface area contributed by atoms with Crippen LogP contribution in [0.1, 0.15) is 34.5 Å². The van der Waals surface area contributed by atoms with Crippen molar-refractivity contribution in [2.24, 2.45) is 0 Å². The molecule has 3 aromatic carbocycles. The second-order valence-corrected chi connectivity index (χ2v) is 8.61. The Hall–Kier alpha value is -3.40. The van der Waals surface area contributed by atoms with Crippen molar-refractivity contribution >= 4 is 21.6 Å². The van der Waals surface area contributed by atoms with Crippen LogP contribution in [0.3, 0.4) is 0 Å². The van der Waals surface area contributed by atoms with Crippen LogP contribution in [0.25, 0.3) is 0 Å². The van der Waals surface area contributed by atoms with Gasteiger partial charge in [-0.3, -0.25) is 9.52 Å². The summed E-state index contributed by atoms with van der Waals surface area (Å²) < 4.78 is 79.4. The predicted octanol–water partition coefficient (Wildman–Crippen LogP) is 5.14. The summed E-state index contributed by atoms with van der Waals surface area (Å²) in [5.41, 5.74) is -0.674. The van der Waals surface area contributed by atoms with E-state index in [4.69, 9.17) is 0 Å². The molecule has 10 heteroatoms. The molecule has 0 aliphatic rings. The van der Waals surface area contributed by atoms with E-state index in [-0.39, 0.29) is 21.7 Å². The van der Waals surface area contributed by atoms with E-state index in [1.165, 1.54) is 61.5 Å². The van der Waals surface area contributed by atoms with Gasteiger partial charge in [0.25, 0.3) is 15.9 Å². The van der Waals surface area contributed by atoms with E-state index in [9.17, 15) is 30.8 Å². The molecule has 0 fully saturated rings. The van der Waals surface area contributed by atoms with Gasteiger partial charge in [0, 0.05) is 5.56 Å². The van der Waals surface area contributed by atoms with Crippen molar-refractivity contribution in [3.8, 4) is 0 Å². The van der Waals surface area contributed by atoms with E-state index in [1.807, 2.05) is 0 Å². The summed E-state index contributed by atoms with van der Waals surface area (Å²) in [5, 5.41) is 2.58. The number of carbonyl (C=O) groups is 1. The minimum absolute atomic E-state index is 0.105. The van der Waals surface area contributed by atoms with E-state index in [2.05, 4.69) is 10.0 Å². The zero-order valence-electron chi connectivity index (χ0n) is 16.7. The summed E-state index contributed by atoms with van der Waals surface area (Å²) in [7, 11) is -4.09. The third-order valence-corrected chi connectivity index (χ3v) is 5.99. The van der Waals surface area contributed by atoms with Crippen LogP contribution >= 0.6 is 0 Å². The van der Waals surface area contributed by atoms with Gasteiger partial charge in [-0.2, -0.15) is 13.2 Å². The second-order valence-electron chi connectivity index (χ2n) is 6.93. The van der Waals surface area contributed by atoms with Crippen molar-refractivity contribution in [3.63, 3.8) is 0 Å². The molecule has 2 N–H and O–H groups in total. The quantitative estimate of drug-likeness (QED) is 0.494. The molecule has 0 aliphatic heterocycles. The van der Waals surface area contributed by atoms with Crippen molar-refractivity contribution in [1.29, 1.82) is 0 Å². The highest BCUT2D eigenvalue weighted by atomic mass is 32.2. The first-order valence-electron chi connectivity index (χ1n) is 9.33. The summed E-state index contributed by atoms with van der Waals surface area (Å²) >= 11 is 0. The molecule has 0 heterocycles. The van der Waals surface area contributed by atoms with E-state index in [1.54, 1.807) is 0 Å². The largest absolute Gasteiger partial charge is 0.416 e. The Bertz CT molecular complexity index is 1230. The van der Waals surface area contributed by atoms with Gasteiger partial charge in [0.2, 0.25) is 0 Å². The molecule has 1 amide bonds. The van der Waals surface area contributed by atoms with Gasteiger partial charge in [0.1, 0.15) is 5.82 Å². The summed E-state index contributed by atoms with van der Waals surface area (Å²) in [5.74, 6) is -1.34. The van der Waals surface area contributed by atoms with Crippen LogP contribution in [0.2, 0.25) is 0 Å². The third kappa shape index (κ3) is 5.44. The molecule has 0 saturated heterocycles. The van der Waals surface area contributed by atoms with Gasteiger partial charge in [0.15, 0.2) is 0 Å².